The first-order chi connectivity index (χ1) is 10.1. The van der Waals surface area contributed by atoms with Crippen LogP contribution in [-0.2, 0) is 4.74 Å². The summed E-state index contributed by atoms with van der Waals surface area (Å²) in [4.78, 5) is 4.73. The van der Waals surface area contributed by atoms with E-state index in [0.717, 1.165) is 45.7 Å². The van der Waals surface area contributed by atoms with Crippen molar-refractivity contribution in [2.75, 3.05) is 46.9 Å². The van der Waals surface area contributed by atoms with Crippen molar-refractivity contribution >= 4 is 23.2 Å². The molecule has 0 radical (unpaired) electrons. The molecule has 1 fully saturated rings. The van der Waals surface area contributed by atoms with Crippen LogP contribution in [0, 0.1) is 0 Å². The highest BCUT2D eigenvalue weighted by Gasteiger charge is 2.22. The van der Waals surface area contributed by atoms with E-state index in [4.69, 9.17) is 27.9 Å². The van der Waals surface area contributed by atoms with Crippen molar-refractivity contribution in [3.8, 4) is 0 Å². The smallest absolute Gasteiger partial charge is 0.0595 e. The molecule has 1 aliphatic rings. The number of rotatable bonds is 6. The molecule has 1 aromatic carbocycles. The van der Waals surface area contributed by atoms with Crippen LogP contribution in [0.1, 0.15) is 24.4 Å². The van der Waals surface area contributed by atoms with Crippen molar-refractivity contribution in [3.05, 3.63) is 33.8 Å². The zero-order valence-corrected chi connectivity index (χ0v) is 14.3. The molecule has 1 aliphatic heterocycles. The number of hydrogen-bond acceptors (Lipinski definition) is 3. The Balaban J connectivity index is 2.11. The molecule has 1 heterocycles. The van der Waals surface area contributed by atoms with E-state index in [9.17, 15) is 0 Å². The van der Waals surface area contributed by atoms with Crippen LogP contribution in [0.3, 0.4) is 0 Å². The third-order valence-corrected chi connectivity index (χ3v) is 4.64. The molecule has 5 heteroatoms. The lowest BCUT2D eigenvalue weighted by Gasteiger charge is -2.35. The van der Waals surface area contributed by atoms with Gasteiger partial charge >= 0.3 is 0 Å². The normalized spacial score (nSPS) is 18.1. The van der Waals surface area contributed by atoms with Gasteiger partial charge in [-0.3, -0.25) is 4.90 Å². The summed E-state index contributed by atoms with van der Waals surface area (Å²) in [5.41, 5.74) is 1.25. The van der Waals surface area contributed by atoms with E-state index < -0.39 is 0 Å². The molecule has 118 valence electrons. The quantitative estimate of drug-likeness (QED) is 0.790. The Kier molecular flexibility index (Phi) is 6.77. The van der Waals surface area contributed by atoms with Gasteiger partial charge in [0.25, 0.3) is 0 Å². The van der Waals surface area contributed by atoms with Gasteiger partial charge < -0.3 is 9.64 Å². The summed E-state index contributed by atoms with van der Waals surface area (Å²) in [5, 5.41) is 1.26. The Morgan fingerprint density at radius 2 is 1.90 bits per heavy atom. The van der Waals surface area contributed by atoms with Gasteiger partial charge in [0, 0.05) is 19.1 Å². The molecule has 0 saturated carbocycles. The minimum Gasteiger partial charge on any atom is -0.379 e. The Hall–Kier alpha value is -0.320. The first kappa shape index (κ1) is 17.0. The number of hydrogen-bond donors (Lipinski definition) is 0. The molecule has 0 aliphatic carbocycles. The summed E-state index contributed by atoms with van der Waals surface area (Å²) in [7, 11) is 4.23. The summed E-state index contributed by atoms with van der Waals surface area (Å²) in [6.07, 6.45) is 2.28. The van der Waals surface area contributed by atoms with E-state index in [2.05, 4.69) is 30.0 Å². The van der Waals surface area contributed by atoms with Crippen molar-refractivity contribution in [2.45, 2.75) is 18.9 Å². The van der Waals surface area contributed by atoms with Gasteiger partial charge in [-0.1, -0.05) is 29.3 Å². The third-order valence-electron chi connectivity index (χ3n) is 3.90. The average Bonchev–Trinajstić information content (AvgIpc) is 2.47. The standard InChI is InChI=1S/C16H24Cl2N2O/c1-19(2)7-3-4-16(20-8-10-21-11-9-20)13-5-6-14(17)15(18)12-13/h5-6,12,16H,3-4,7-11H2,1-2H3. The molecule has 2 rings (SSSR count). The number of ether oxygens (including phenoxy) is 1. The topological polar surface area (TPSA) is 15.7 Å². The third kappa shape index (κ3) is 5.11. The lowest BCUT2D eigenvalue weighted by Crippen LogP contribution is -2.39. The zero-order chi connectivity index (χ0) is 15.2. The van der Waals surface area contributed by atoms with E-state index in [1.165, 1.54) is 5.56 Å². The van der Waals surface area contributed by atoms with Gasteiger partial charge in [0.15, 0.2) is 0 Å². The summed E-state index contributed by atoms with van der Waals surface area (Å²) in [6, 6.07) is 6.41. The van der Waals surface area contributed by atoms with Crippen molar-refractivity contribution < 1.29 is 4.74 Å². The molecule has 0 aromatic heterocycles. The van der Waals surface area contributed by atoms with Crippen LogP contribution < -0.4 is 0 Å². The molecule has 0 spiro atoms. The number of halogens is 2. The molecular weight excluding hydrogens is 307 g/mol. The van der Waals surface area contributed by atoms with Gasteiger partial charge in [-0.2, -0.15) is 0 Å². The second-order valence-corrected chi connectivity index (χ2v) is 6.60. The van der Waals surface area contributed by atoms with Crippen LogP contribution in [0.2, 0.25) is 10.0 Å². The molecule has 0 bridgehead atoms. The molecule has 0 amide bonds. The van der Waals surface area contributed by atoms with Crippen molar-refractivity contribution in [3.63, 3.8) is 0 Å². The van der Waals surface area contributed by atoms with Crippen LogP contribution in [0.5, 0.6) is 0 Å². The molecule has 21 heavy (non-hydrogen) atoms. The van der Waals surface area contributed by atoms with Crippen molar-refractivity contribution in [1.82, 2.24) is 9.80 Å². The van der Waals surface area contributed by atoms with Gasteiger partial charge in [-0.25, -0.2) is 0 Å². The fraction of sp³-hybridized carbons (Fsp3) is 0.625. The summed E-state index contributed by atoms with van der Waals surface area (Å²) >= 11 is 12.2. The zero-order valence-electron chi connectivity index (χ0n) is 12.8. The van der Waals surface area contributed by atoms with E-state index in [0.29, 0.717) is 16.1 Å². The minimum atomic E-state index is 0.392. The molecule has 0 N–H and O–H groups in total. The van der Waals surface area contributed by atoms with Crippen LogP contribution >= 0.6 is 23.2 Å². The van der Waals surface area contributed by atoms with E-state index in [1.54, 1.807) is 0 Å². The molecular formula is C16H24Cl2N2O. The largest absolute Gasteiger partial charge is 0.379 e. The monoisotopic (exact) mass is 330 g/mol. The van der Waals surface area contributed by atoms with Gasteiger partial charge in [-0.15, -0.1) is 0 Å². The second kappa shape index (κ2) is 8.35. The van der Waals surface area contributed by atoms with Gasteiger partial charge in [-0.05, 0) is 51.2 Å². The van der Waals surface area contributed by atoms with E-state index >= 15 is 0 Å². The maximum absolute atomic E-state index is 6.20. The highest BCUT2D eigenvalue weighted by Crippen LogP contribution is 2.31. The van der Waals surface area contributed by atoms with Crippen molar-refractivity contribution in [1.29, 1.82) is 0 Å². The predicted octanol–water partition coefficient (Wildman–Crippen LogP) is 3.71. The minimum absolute atomic E-state index is 0.392. The predicted molar refractivity (Wildman–Crippen MR) is 89.4 cm³/mol. The molecule has 1 atom stereocenters. The maximum Gasteiger partial charge on any atom is 0.0595 e. The lowest BCUT2D eigenvalue weighted by molar-refractivity contribution is 0.0135. The van der Waals surface area contributed by atoms with Crippen LogP contribution in [0.25, 0.3) is 0 Å². The highest BCUT2D eigenvalue weighted by atomic mass is 35.5. The van der Waals surface area contributed by atoms with Gasteiger partial charge in [0.2, 0.25) is 0 Å². The molecule has 3 nitrogen and oxygen atoms in total. The van der Waals surface area contributed by atoms with E-state index in [-0.39, 0.29) is 0 Å². The Morgan fingerprint density at radius 3 is 2.52 bits per heavy atom. The Labute approximate surface area is 137 Å². The van der Waals surface area contributed by atoms with Gasteiger partial charge in [0.05, 0.1) is 23.3 Å². The SMILES string of the molecule is CN(C)CCCC(c1ccc(Cl)c(Cl)c1)N1CCOCC1. The summed E-state index contributed by atoms with van der Waals surface area (Å²) < 4.78 is 5.47. The fourth-order valence-corrected chi connectivity index (χ4v) is 3.08. The Morgan fingerprint density at radius 1 is 1.19 bits per heavy atom. The number of nitrogens with zero attached hydrogens (tertiary/aromatic N) is 2. The highest BCUT2D eigenvalue weighted by molar-refractivity contribution is 6.42. The summed E-state index contributed by atoms with van der Waals surface area (Å²) in [6.45, 7) is 4.68. The van der Waals surface area contributed by atoms with Crippen molar-refractivity contribution in [2.24, 2.45) is 0 Å². The fourth-order valence-electron chi connectivity index (χ4n) is 2.77. The average molecular weight is 331 g/mol. The summed E-state index contributed by atoms with van der Waals surface area (Å²) in [5.74, 6) is 0. The van der Waals surface area contributed by atoms with Gasteiger partial charge in [0.1, 0.15) is 0 Å². The van der Waals surface area contributed by atoms with E-state index in [1.807, 2.05) is 12.1 Å². The first-order valence-corrected chi connectivity index (χ1v) is 8.25. The molecule has 1 aromatic rings. The van der Waals surface area contributed by atoms with Crippen LogP contribution in [0.15, 0.2) is 18.2 Å². The first-order valence-electron chi connectivity index (χ1n) is 7.49. The van der Waals surface area contributed by atoms with Crippen LogP contribution in [0.4, 0.5) is 0 Å². The molecule has 1 unspecified atom stereocenters. The number of benzene rings is 1. The maximum atomic E-state index is 6.20. The van der Waals surface area contributed by atoms with Crippen LogP contribution in [-0.4, -0.2) is 56.7 Å². The number of morpholine rings is 1. The Bertz CT molecular complexity index is 448. The second-order valence-electron chi connectivity index (χ2n) is 5.78. The molecule has 1 saturated heterocycles. The lowest BCUT2D eigenvalue weighted by atomic mass is 9.99.